The molecule has 1 N–H and O–H groups in total. The van der Waals surface area contributed by atoms with Crippen LogP contribution in [0.25, 0.3) is 0 Å². The van der Waals surface area contributed by atoms with E-state index in [0.29, 0.717) is 6.42 Å². The molecule has 0 fully saturated rings. The number of anilines is 1. The van der Waals surface area contributed by atoms with Crippen LogP contribution in [0, 0.1) is 6.92 Å². The van der Waals surface area contributed by atoms with E-state index in [1.165, 1.54) is 0 Å². The van der Waals surface area contributed by atoms with Gasteiger partial charge < -0.3 is 5.32 Å². The third-order valence-corrected chi connectivity index (χ3v) is 3.41. The molecule has 96 valence electrons. The zero-order valence-electron chi connectivity index (χ0n) is 10.8. The van der Waals surface area contributed by atoms with Crippen molar-refractivity contribution in [3.63, 3.8) is 0 Å². The Morgan fingerprint density at radius 3 is 2.94 bits per heavy atom. The molecule has 0 radical (unpaired) electrons. The molecule has 5 heteroatoms. The Bertz CT molecular complexity index is 528. The number of amides is 1. The van der Waals surface area contributed by atoms with E-state index in [0.717, 1.165) is 16.4 Å². The van der Waals surface area contributed by atoms with Gasteiger partial charge in [-0.25, -0.2) is 4.68 Å². The molecular formula is C13H17N3OS. The molecule has 2 aromatic heterocycles. The van der Waals surface area contributed by atoms with Gasteiger partial charge in [0, 0.05) is 17.0 Å². The summed E-state index contributed by atoms with van der Waals surface area (Å²) in [5.41, 5.74) is 0.912. The normalized spacial score (nSPS) is 10.9. The van der Waals surface area contributed by atoms with E-state index in [2.05, 4.69) is 10.4 Å². The smallest absolute Gasteiger partial charge is 0.230 e. The summed E-state index contributed by atoms with van der Waals surface area (Å²) in [5, 5.41) is 9.26. The van der Waals surface area contributed by atoms with Crippen LogP contribution >= 0.6 is 11.3 Å². The first kappa shape index (κ1) is 12.8. The van der Waals surface area contributed by atoms with E-state index in [-0.39, 0.29) is 11.9 Å². The summed E-state index contributed by atoms with van der Waals surface area (Å²) < 4.78 is 1.83. The van der Waals surface area contributed by atoms with Crippen LogP contribution in [0.5, 0.6) is 0 Å². The van der Waals surface area contributed by atoms with E-state index >= 15 is 0 Å². The Morgan fingerprint density at radius 1 is 1.56 bits per heavy atom. The minimum atomic E-state index is -0.000694. The summed E-state index contributed by atoms with van der Waals surface area (Å²) in [7, 11) is 0. The molecule has 0 saturated heterocycles. The first-order valence-electron chi connectivity index (χ1n) is 5.94. The van der Waals surface area contributed by atoms with Crippen LogP contribution in [0.1, 0.15) is 30.5 Å². The minimum Gasteiger partial charge on any atom is -0.311 e. The fourth-order valence-corrected chi connectivity index (χ4v) is 2.47. The van der Waals surface area contributed by atoms with Crippen molar-refractivity contribution in [1.82, 2.24) is 9.78 Å². The molecular weight excluding hydrogens is 246 g/mol. The van der Waals surface area contributed by atoms with Crippen molar-refractivity contribution in [2.45, 2.75) is 33.2 Å². The van der Waals surface area contributed by atoms with Gasteiger partial charge in [-0.1, -0.05) is 6.07 Å². The molecule has 1 amide bonds. The lowest BCUT2D eigenvalue weighted by Crippen LogP contribution is -2.18. The van der Waals surface area contributed by atoms with Crippen molar-refractivity contribution >= 4 is 23.1 Å². The minimum absolute atomic E-state index is 0.000694. The molecule has 0 aliphatic carbocycles. The summed E-state index contributed by atoms with van der Waals surface area (Å²) in [4.78, 5) is 13.0. The van der Waals surface area contributed by atoms with Gasteiger partial charge in [0.1, 0.15) is 5.82 Å². The van der Waals surface area contributed by atoms with Crippen molar-refractivity contribution in [2.24, 2.45) is 0 Å². The fraction of sp³-hybridized carbons (Fsp3) is 0.385. The molecule has 0 aliphatic heterocycles. The van der Waals surface area contributed by atoms with Gasteiger partial charge in [0.25, 0.3) is 0 Å². The fourth-order valence-electron chi connectivity index (χ4n) is 1.76. The van der Waals surface area contributed by atoms with Gasteiger partial charge in [-0.2, -0.15) is 5.10 Å². The molecule has 0 aliphatic rings. The molecule has 2 rings (SSSR count). The van der Waals surface area contributed by atoms with Gasteiger partial charge in [0.05, 0.1) is 12.1 Å². The number of carbonyl (C=O) groups excluding carboxylic acids is 1. The van der Waals surface area contributed by atoms with Gasteiger partial charge >= 0.3 is 0 Å². The highest BCUT2D eigenvalue weighted by molar-refractivity contribution is 7.10. The molecule has 0 saturated carbocycles. The molecule has 0 atom stereocenters. The van der Waals surface area contributed by atoms with Crippen molar-refractivity contribution in [3.05, 3.63) is 34.2 Å². The average Bonchev–Trinajstić information content (AvgIpc) is 2.88. The maximum absolute atomic E-state index is 11.9. The second-order valence-corrected chi connectivity index (χ2v) is 5.55. The number of nitrogens with zero attached hydrogens (tertiary/aromatic N) is 2. The number of nitrogens with one attached hydrogen (secondary N) is 1. The summed E-state index contributed by atoms with van der Waals surface area (Å²) in [6.45, 7) is 6.01. The Morgan fingerprint density at radius 2 is 2.33 bits per heavy atom. The maximum atomic E-state index is 11.9. The highest BCUT2D eigenvalue weighted by Gasteiger charge is 2.12. The predicted octanol–water partition coefficient (Wildman–Crippen LogP) is 3.02. The van der Waals surface area contributed by atoms with Crippen LogP contribution in [0.15, 0.2) is 23.6 Å². The average molecular weight is 263 g/mol. The second kappa shape index (κ2) is 5.35. The Kier molecular flexibility index (Phi) is 3.81. The van der Waals surface area contributed by atoms with Crippen molar-refractivity contribution in [1.29, 1.82) is 0 Å². The van der Waals surface area contributed by atoms with E-state index in [1.807, 2.05) is 49.0 Å². The van der Waals surface area contributed by atoms with E-state index in [9.17, 15) is 4.79 Å². The molecule has 0 spiro atoms. The predicted molar refractivity (Wildman–Crippen MR) is 74.0 cm³/mol. The third kappa shape index (κ3) is 2.98. The van der Waals surface area contributed by atoms with Gasteiger partial charge in [0.15, 0.2) is 0 Å². The quantitative estimate of drug-likeness (QED) is 0.921. The number of thiophene rings is 1. The topological polar surface area (TPSA) is 46.9 Å². The van der Waals surface area contributed by atoms with Crippen LogP contribution in [0.2, 0.25) is 0 Å². The van der Waals surface area contributed by atoms with Gasteiger partial charge in [-0.15, -0.1) is 11.3 Å². The van der Waals surface area contributed by atoms with Crippen molar-refractivity contribution in [3.8, 4) is 0 Å². The lowest BCUT2D eigenvalue weighted by atomic mass is 10.3. The summed E-state index contributed by atoms with van der Waals surface area (Å²) in [6.07, 6.45) is 0.417. The molecule has 0 bridgehead atoms. The number of aryl methyl sites for hydroxylation is 1. The molecule has 2 aromatic rings. The largest absolute Gasteiger partial charge is 0.311 e. The van der Waals surface area contributed by atoms with E-state index in [4.69, 9.17) is 0 Å². The zero-order chi connectivity index (χ0) is 13.1. The number of aromatic nitrogens is 2. The lowest BCUT2D eigenvalue weighted by Gasteiger charge is -2.11. The summed E-state index contributed by atoms with van der Waals surface area (Å²) in [5.74, 6) is 0.767. The number of carbonyl (C=O) groups is 1. The molecule has 0 aromatic carbocycles. The van der Waals surface area contributed by atoms with E-state index < -0.39 is 0 Å². The highest BCUT2D eigenvalue weighted by atomic mass is 32.1. The van der Waals surface area contributed by atoms with Crippen molar-refractivity contribution in [2.75, 3.05) is 5.32 Å². The summed E-state index contributed by atoms with van der Waals surface area (Å²) >= 11 is 1.59. The first-order chi connectivity index (χ1) is 8.56. The number of rotatable bonds is 4. The second-order valence-electron chi connectivity index (χ2n) is 4.51. The summed E-state index contributed by atoms with van der Waals surface area (Å²) in [6, 6.07) is 6.05. The van der Waals surface area contributed by atoms with Crippen LogP contribution in [0.3, 0.4) is 0 Å². The van der Waals surface area contributed by atoms with Gasteiger partial charge in [0.2, 0.25) is 5.91 Å². The lowest BCUT2D eigenvalue weighted by molar-refractivity contribution is -0.115. The maximum Gasteiger partial charge on any atom is 0.230 e. The van der Waals surface area contributed by atoms with Crippen LogP contribution in [0.4, 0.5) is 5.82 Å². The standard InChI is InChI=1S/C13H17N3OS/c1-9(2)16-12(7-10(3)15-16)14-13(17)8-11-5-4-6-18-11/h4-7,9H,8H2,1-3H3,(H,14,17). The monoisotopic (exact) mass is 263 g/mol. The molecule has 4 nitrogen and oxygen atoms in total. The van der Waals surface area contributed by atoms with Crippen LogP contribution in [-0.4, -0.2) is 15.7 Å². The number of hydrogen-bond donors (Lipinski definition) is 1. The SMILES string of the molecule is Cc1cc(NC(=O)Cc2cccs2)n(C(C)C)n1. The van der Waals surface area contributed by atoms with Crippen LogP contribution < -0.4 is 5.32 Å². The molecule has 0 unspecified atom stereocenters. The Balaban J connectivity index is 2.07. The molecule has 18 heavy (non-hydrogen) atoms. The van der Waals surface area contributed by atoms with Crippen LogP contribution in [-0.2, 0) is 11.2 Å². The van der Waals surface area contributed by atoms with Gasteiger partial charge in [-0.3, -0.25) is 4.79 Å². The number of hydrogen-bond acceptors (Lipinski definition) is 3. The Hall–Kier alpha value is -1.62. The first-order valence-corrected chi connectivity index (χ1v) is 6.82. The van der Waals surface area contributed by atoms with Gasteiger partial charge in [-0.05, 0) is 32.2 Å². The Labute approximate surface area is 111 Å². The van der Waals surface area contributed by atoms with E-state index in [1.54, 1.807) is 11.3 Å². The molecule has 2 heterocycles. The highest BCUT2D eigenvalue weighted by Crippen LogP contribution is 2.17. The van der Waals surface area contributed by atoms with Crippen molar-refractivity contribution < 1.29 is 4.79 Å². The zero-order valence-corrected chi connectivity index (χ0v) is 11.6. The third-order valence-electron chi connectivity index (χ3n) is 2.53.